The second kappa shape index (κ2) is 6.39. The number of nitrogens with two attached hydrogens (primary N) is 1. The number of rotatable bonds is 2. The van der Waals surface area contributed by atoms with Crippen LogP contribution in [-0.2, 0) is 13.5 Å². The molecular weight excluding hydrogens is 187 g/mol. The molecule has 11 heavy (non-hydrogen) atoms. The lowest BCUT2D eigenvalue weighted by atomic mass is 10.3. The average Bonchev–Trinajstić information content (AvgIpc) is 2.18. The van der Waals surface area contributed by atoms with Gasteiger partial charge in [-0.25, -0.2) is 0 Å². The molecule has 0 aromatic carbocycles. The first-order chi connectivity index (χ1) is 4.34. The Kier molecular flexibility index (Phi) is 7.72. The molecule has 66 valence electrons. The van der Waals surface area contributed by atoms with Crippen LogP contribution in [0.2, 0.25) is 0 Å². The van der Waals surface area contributed by atoms with E-state index < -0.39 is 0 Å². The maximum absolute atomic E-state index is 5.32. The first-order valence-corrected chi connectivity index (χ1v) is 2.88. The SMILES string of the molecule is Cl.Cl.Cn1nncc1CCN. The van der Waals surface area contributed by atoms with Crippen molar-refractivity contribution in [1.82, 2.24) is 15.0 Å². The lowest BCUT2D eigenvalue weighted by molar-refractivity contribution is 0.675. The molecule has 0 fully saturated rings. The summed E-state index contributed by atoms with van der Waals surface area (Å²) in [5, 5.41) is 7.44. The van der Waals surface area contributed by atoms with Gasteiger partial charge in [0.1, 0.15) is 0 Å². The fourth-order valence-electron chi connectivity index (χ4n) is 0.685. The summed E-state index contributed by atoms with van der Waals surface area (Å²) in [4.78, 5) is 0. The standard InChI is InChI=1S/C5H10N4.2ClH/c1-9-5(2-3-6)4-7-8-9;;/h4H,2-3,6H2,1H3;2*1H. The van der Waals surface area contributed by atoms with E-state index in [9.17, 15) is 0 Å². The lowest BCUT2D eigenvalue weighted by Crippen LogP contribution is -2.06. The number of halogens is 2. The van der Waals surface area contributed by atoms with E-state index in [1.54, 1.807) is 10.9 Å². The van der Waals surface area contributed by atoms with Crippen LogP contribution in [0.3, 0.4) is 0 Å². The minimum atomic E-state index is 0. The number of nitrogens with zero attached hydrogens (tertiary/aromatic N) is 3. The summed E-state index contributed by atoms with van der Waals surface area (Å²) in [5.41, 5.74) is 6.40. The van der Waals surface area contributed by atoms with Crippen LogP contribution in [0.4, 0.5) is 0 Å². The van der Waals surface area contributed by atoms with Gasteiger partial charge in [0.25, 0.3) is 0 Å². The second-order valence-corrected chi connectivity index (χ2v) is 1.89. The number of aryl methyl sites for hydroxylation is 1. The van der Waals surface area contributed by atoms with Gasteiger partial charge in [-0.1, -0.05) is 5.21 Å². The molecule has 0 aliphatic heterocycles. The molecule has 0 bridgehead atoms. The molecule has 0 saturated heterocycles. The van der Waals surface area contributed by atoms with Crippen molar-refractivity contribution >= 4 is 24.8 Å². The van der Waals surface area contributed by atoms with E-state index in [1.165, 1.54) is 0 Å². The highest BCUT2D eigenvalue weighted by atomic mass is 35.5. The lowest BCUT2D eigenvalue weighted by Gasteiger charge is -1.94. The quantitative estimate of drug-likeness (QED) is 0.738. The van der Waals surface area contributed by atoms with Crippen molar-refractivity contribution in [3.8, 4) is 0 Å². The number of hydrogen-bond donors (Lipinski definition) is 1. The molecule has 0 atom stereocenters. The van der Waals surface area contributed by atoms with Crippen molar-refractivity contribution in [1.29, 1.82) is 0 Å². The normalized spacial score (nSPS) is 8.18. The maximum atomic E-state index is 5.32. The fraction of sp³-hybridized carbons (Fsp3) is 0.600. The van der Waals surface area contributed by atoms with Crippen LogP contribution < -0.4 is 5.73 Å². The zero-order chi connectivity index (χ0) is 6.69. The van der Waals surface area contributed by atoms with Crippen LogP contribution in [0.1, 0.15) is 5.69 Å². The summed E-state index contributed by atoms with van der Waals surface area (Å²) >= 11 is 0. The summed E-state index contributed by atoms with van der Waals surface area (Å²) in [6, 6.07) is 0. The van der Waals surface area contributed by atoms with Gasteiger partial charge in [0.2, 0.25) is 0 Å². The Hall–Kier alpha value is -0.320. The van der Waals surface area contributed by atoms with E-state index in [4.69, 9.17) is 5.73 Å². The zero-order valence-electron chi connectivity index (χ0n) is 6.23. The molecule has 0 aliphatic carbocycles. The highest BCUT2D eigenvalue weighted by Crippen LogP contribution is 1.91. The Labute approximate surface area is 78.0 Å². The van der Waals surface area contributed by atoms with Gasteiger partial charge in [-0.05, 0) is 6.54 Å². The van der Waals surface area contributed by atoms with Gasteiger partial charge in [-0.3, -0.25) is 4.68 Å². The Morgan fingerprint density at radius 2 is 2.18 bits per heavy atom. The summed E-state index contributed by atoms with van der Waals surface area (Å²) < 4.78 is 1.73. The summed E-state index contributed by atoms with van der Waals surface area (Å²) in [5.74, 6) is 0. The molecule has 0 radical (unpaired) electrons. The third kappa shape index (κ3) is 3.55. The molecule has 1 heterocycles. The summed E-state index contributed by atoms with van der Waals surface area (Å²) in [6.45, 7) is 0.654. The van der Waals surface area contributed by atoms with Crippen LogP contribution in [0.15, 0.2) is 6.20 Å². The Balaban J connectivity index is 0. The first-order valence-electron chi connectivity index (χ1n) is 2.88. The van der Waals surface area contributed by atoms with Crippen molar-refractivity contribution in [3.05, 3.63) is 11.9 Å². The van der Waals surface area contributed by atoms with Crippen LogP contribution >= 0.6 is 24.8 Å². The molecule has 1 aromatic heterocycles. The van der Waals surface area contributed by atoms with Gasteiger partial charge in [-0.2, -0.15) is 0 Å². The Morgan fingerprint density at radius 3 is 2.55 bits per heavy atom. The Morgan fingerprint density at radius 1 is 1.55 bits per heavy atom. The smallest absolute Gasteiger partial charge is 0.0725 e. The average molecular weight is 199 g/mol. The zero-order valence-corrected chi connectivity index (χ0v) is 7.86. The maximum Gasteiger partial charge on any atom is 0.0725 e. The van der Waals surface area contributed by atoms with E-state index >= 15 is 0 Å². The van der Waals surface area contributed by atoms with E-state index in [2.05, 4.69) is 10.3 Å². The molecule has 0 unspecified atom stereocenters. The van der Waals surface area contributed by atoms with Crippen molar-refractivity contribution in [2.45, 2.75) is 6.42 Å². The van der Waals surface area contributed by atoms with Crippen LogP contribution in [0.25, 0.3) is 0 Å². The van der Waals surface area contributed by atoms with E-state index in [0.29, 0.717) is 6.54 Å². The van der Waals surface area contributed by atoms with Crippen molar-refractivity contribution < 1.29 is 0 Å². The van der Waals surface area contributed by atoms with Gasteiger partial charge in [-0.15, -0.1) is 29.9 Å². The van der Waals surface area contributed by atoms with E-state index in [1.807, 2.05) is 7.05 Å². The van der Waals surface area contributed by atoms with E-state index in [-0.39, 0.29) is 24.8 Å². The van der Waals surface area contributed by atoms with Crippen LogP contribution in [0, 0.1) is 0 Å². The fourth-order valence-corrected chi connectivity index (χ4v) is 0.685. The minimum Gasteiger partial charge on any atom is -0.330 e. The molecule has 6 heteroatoms. The molecule has 4 nitrogen and oxygen atoms in total. The topological polar surface area (TPSA) is 56.7 Å². The van der Waals surface area contributed by atoms with Crippen molar-refractivity contribution in [2.24, 2.45) is 12.8 Å². The van der Waals surface area contributed by atoms with Gasteiger partial charge in [0.05, 0.1) is 11.9 Å². The molecule has 1 rings (SSSR count). The summed E-state index contributed by atoms with van der Waals surface area (Å²) in [6.07, 6.45) is 2.58. The first kappa shape index (κ1) is 13.3. The van der Waals surface area contributed by atoms with Crippen LogP contribution in [0.5, 0.6) is 0 Å². The Bertz CT molecular complexity index is 188. The number of hydrogen-bond acceptors (Lipinski definition) is 3. The van der Waals surface area contributed by atoms with Gasteiger partial charge in [0.15, 0.2) is 0 Å². The molecule has 0 saturated carbocycles. The summed E-state index contributed by atoms with van der Waals surface area (Å²) in [7, 11) is 1.86. The van der Waals surface area contributed by atoms with E-state index in [0.717, 1.165) is 12.1 Å². The monoisotopic (exact) mass is 198 g/mol. The number of aromatic nitrogens is 3. The van der Waals surface area contributed by atoms with Crippen molar-refractivity contribution in [3.63, 3.8) is 0 Å². The molecule has 2 N–H and O–H groups in total. The third-order valence-corrected chi connectivity index (χ3v) is 1.21. The second-order valence-electron chi connectivity index (χ2n) is 1.89. The highest BCUT2D eigenvalue weighted by Gasteiger charge is 1.95. The largest absolute Gasteiger partial charge is 0.330 e. The molecule has 0 amide bonds. The van der Waals surface area contributed by atoms with Gasteiger partial charge >= 0.3 is 0 Å². The van der Waals surface area contributed by atoms with Crippen LogP contribution in [-0.4, -0.2) is 21.5 Å². The minimum absolute atomic E-state index is 0. The molecule has 0 spiro atoms. The van der Waals surface area contributed by atoms with Gasteiger partial charge in [0, 0.05) is 13.5 Å². The van der Waals surface area contributed by atoms with Crippen molar-refractivity contribution in [2.75, 3.05) is 6.54 Å². The molecule has 0 aliphatic rings. The predicted octanol–water partition coefficient (Wildman–Crippen LogP) is 0.160. The molecular formula is C5H12Cl2N4. The molecule has 1 aromatic rings. The predicted molar refractivity (Wildman–Crippen MR) is 48.3 cm³/mol. The third-order valence-electron chi connectivity index (χ3n) is 1.21. The highest BCUT2D eigenvalue weighted by molar-refractivity contribution is 5.85. The van der Waals surface area contributed by atoms with Gasteiger partial charge < -0.3 is 5.73 Å².